The molecular formula is C19H22Cl2N4S2. The Morgan fingerprint density at radius 3 is 1.81 bits per heavy atom. The molecule has 0 spiro atoms. The highest BCUT2D eigenvalue weighted by molar-refractivity contribution is 7.80. The second kappa shape index (κ2) is 11.3. The first-order valence-corrected chi connectivity index (χ1v) is 10.2. The van der Waals surface area contributed by atoms with E-state index in [4.69, 9.17) is 47.6 Å². The number of benzene rings is 2. The van der Waals surface area contributed by atoms with Crippen molar-refractivity contribution < 1.29 is 0 Å². The van der Waals surface area contributed by atoms with E-state index in [1.54, 1.807) is 0 Å². The predicted molar refractivity (Wildman–Crippen MR) is 125 cm³/mol. The van der Waals surface area contributed by atoms with Crippen molar-refractivity contribution >= 4 is 69.2 Å². The lowest BCUT2D eigenvalue weighted by atomic mass is 10.1. The maximum absolute atomic E-state index is 5.89. The maximum atomic E-state index is 5.89. The van der Waals surface area contributed by atoms with E-state index in [0.29, 0.717) is 20.3 Å². The molecule has 0 aliphatic heterocycles. The highest BCUT2D eigenvalue weighted by Gasteiger charge is 2.08. The number of anilines is 2. The SMILES string of the molecule is CC[C@H](CCNC(=S)Nc1ccc(Cl)cc1)NC(=S)Nc1ccc(Cl)cc1. The highest BCUT2D eigenvalue weighted by Crippen LogP contribution is 2.14. The molecule has 2 aromatic carbocycles. The van der Waals surface area contributed by atoms with E-state index < -0.39 is 0 Å². The zero-order valence-corrected chi connectivity index (χ0v) is 18.0. The number of rotatable bonds is 7. The van der Waals surface area contributed by atoms with E-state index in [-0.39, 0.29) is 6.04 Å². The quantitative estimate of drug-likeness (QED) is 0.430. The van der Waals surface area contributed by atoms with Gasteiger partial charge in [0, 0.05) is 34.0 Å². The lowest BCUT2D eigenvalue weighted by Gasteiger charge is -2.20. The van der Waals surface area contributed by atoms with Gasteiger partial charge in [-0.1, -0.05) is 30.1 Å². The second-order valence-corrected chi connectivity index (χ2v) is 7.58. The van der Waals surface area contributed by atoms with Gasteiger partial charge in [0.15, 0.2) is 10.2 Å². The molecule has 0 aromatic heterocycles. The Bertz CT molecular complexity index is 751. The number of halogens is 2. The van der Waals surface area contributed by atoms with Gasteiger partial charge in [-0.15, -0.1) is 0 Å². The van der Waals surface area contributed by atoms with Crippen LogP contribution in [0.5, 0.6) is 0 Å². The smallest absolute Gasteiger partial charge is 0.170 e. The van der Waals surface area contributed by atoms with Crippen molar-refractivity contribution in [3.8, 4) is 0 Å². The third-order valence-corrected chi connectivity index (χ3v) is 4.78. The molecule has 2 rings (SSSR count). The van der Waals surface area contributed by atoms with Crippen molar-refractivity contribution in [2.24, 2.45) is 0 Å². The molecule has 0 aliphatic rings. The molecule has 0 aliphatic carbocycles. The van der Waals surface area contributed by atoms with Gasteiger partial charge < -0.3 is 21.3 Å². The van der Waals surface area contributed by atoms with E-state index in [1.165, 1.54) is 0 Å². The van der Waals surface area contributed by atoms with E-state index >= 15 is 0 Å². The molecule has 0 amide bonds. The van der Waals surface area contributed by atoms with Gasteiger partial charge in [-0.3, -0.25) is 0 Å². The van der Waals surface area contributed by atoms with E-state index in [0.717, 1.165) is 30.8 Å². The summed E-state index contributed by atoms with van der Waals surface area (Å²) in [6.07, 6.45) is 1.82. The number of nitrogens with one attached hydrogen (secondary N) is 4. The normalized spacial score (nSPS) is 11.4. The van der Waals surface area contributed by atoms with Crippen LogP contribution >= 0.6 is 47.6 Å². The molecule has 2 aromatic rings. The largest absolute Gasteiger partial charge is 0.362 e. The Morgan fingerprint density at radius 1 is 0.852 bits per heavy atom. The molecule has 4 N–H and O–H groups in total. The fourth-order valence-electron chi connectivity index (χ4n) is 2.33. The van der Waals surface area contributed by atoms with Crippen LogP contribution < -0.4 is 21.3 Å². The molecule has 0 fully saturated rings. The number of hydrogen-bond acceptors (Lipinski definition) is 2. The first-order valence-electron chi connectivity index (χ1n) is 8.59. The van der Waals surface area contributed by atoms with E-state index in [1.807, 2.05) is 48.5 Å². The summed E-state index contributed by atoms with van der Waals surface area (Å²) in [5.41, 5.74) is 1.80. The lowest BCUT2D eigenvalue weighted by molar-refractivity contribution is 0.542. The third kappa shape index (κ3) is 8.30. The summed E-state index contributed by atoms with van der Waals surface area (Å²) in [5, 5.41) is 15.4. The van der Waals surface area contributed by atoms with Crippen LogP contribution in [0.1, 0.15) is 19.8 Å². The maximum Gasteiger partial charge on any atom is 0.170 e. The molecule has 0 bridgehead atoms. The minimum absolute atomic E-state index is 0.239. The van der Waals surface area contributed by atoms with Crippen LogP contribution in [-0.2, 0) is 0 Å². The zero-order valence-electron chi connectivity index (χ0n) is 14.9. The first-order chi connectivity index (χ1) is 13.0. The zero-order chi connectivity index (χ0) is 19.6. The van der Waals surface area contributed by atoms with Gasteiger partial charge >= 0.3 is 0 Å². The molecule has 0 saturated heterocycles. The highest BCUT2D eigenvalue weighted by atomic mass is 35.5. The predicted octanol–water partition coefficient (Wildman–Crippen LogP) is 5.44. The molecule has 0 saturated carbocycles. The molecule has 0 unspecified atom stereocenters. The fraction of sp³-hybridized carbons (Fsp3) is 0.263. The van der Waals surface area contributed by atoms with Crippen molar-refractivity contribution in [3.63, 3.8) is 0 Å². The molecular weight excluding hydrogens is 419 g/mol. The summed E-state index contributed by atoms with van der Waals surface area (Å²) in [7, 11) is 0. The molecule has 8 heteroatoms. The molecule has 0 radical (unpaired) electrons. The Labute approximate surface area is 181 Å². The molecule has 1 atom stereocenters. The molecule has 144 valence electrons. The lowest BCUT2D eigenvalue weighted by Crippen LogP contribution is -2.40. The summed E-state index contributed by atoms with van der Waals surface area (Å²) in [6.45, 7) is 2.85. The van der Waals surface area contributed by atoms with Gasteiger partial charge in [0.25, 0.3) is 0 Å². The monoisotopic (exact) mass is 440 g/mol. The van der Waals surface area contributed by atoms with Crippen LogP contribution in [0.4, 0.5) is 11.4 Å². The van der Waals surface area contributed by atoms with Crippen LogP contribution in [0.3, 0.4) is 0 Å². The first kappa shape index (κ1) is 21.7. The van der Waals surface area contributed by atoms with Crippen LogP contribution in [0, 0.1) is 0 Å². The van der Waals surface area contributed by atoms with Crippen LogP contribution in [-0.4, -0.2) is 22.8 Å². The summed E-state index contributed by atoms with van der Waals surface area (Å²) in [4.78, 5) is 0. The van der Waals surface area contributed by atoms with Crippen molar-refractivity contribution in [1.82, 2.24) is 10.6 Å². The van der Waals surface area contributed by atoms with Crippen molar-refractivity contribution in [2.75, 3.05) is 17.2 Å². The Kier molecular flexibility index (Phi) is 9.07. The average Bonchev–Trinajstić information content (AvgIpc) is 2.64. The Balaban J connectivity index is 1.71. The summed E-state index contributed by atoms with van der Waals surface area (Å²) in [6, 6.07) is 15.1. The summed E-state index contributed by atoms with van der Waals surface area (Å²) in [5.74, 6) is 0. The van der Waals surface area contributed by atoms with Gasteiger partial charge in [0.05, 0.1) is 0 Å². The Morgan fingerprint density at radius 2 is 1.33 bits per heavy atom. The summed E-state index contributed by atoms with van der Waals surface area (Å²) >= 11 is 22.5. The Hall–Kier alpha value is -1.60. The van der Waals surface area contributed by atoms with Gasteiger partial charge in [0.2, 0.25) is 0 Å². The van der Waals surface area contributed by atoms with Crippen molar-refractivity contribution in [2.45, 2.75) is 25.8 Å². The van der Waals surface area contributed by atoms with E-state index in [9.17, 15) is 0 Å². The van der Waals surface area contributed by atoms with Crippen molar-refractivity contribution in [1.29, 1.82) is 0 Å². The van der Waals surface area contributed by atoms with Gasteiger partial charge in [-0.2, -0.15) is 0 Å². The number of thiocarbonyl (C=S) groups is 2. The fourth-order valence-corrected chi connectivity index (χ4v) is 3.09. The summed E-state index contributed by atoms with van der Waals surface area (Å²) < 4.78 is 0. The van der Waals surface area contributed by atoms with Crippen LogP contribution in [0.25, 0.3) is 0 Å². The van der Waals surface area contributed by atoms with Gasteiger partial charge in [-0.25, -0.2) is 0 Å². The van der Waals surface area contributed by atoms with Crippen LogP contribution in [0.2, 0.25) is 10.0 Å². The van der Waals surface area contributed by atoms with E-state index in [2.05, 4.69) is 28.2 Å². The average molecular weight is 441 g/mol. The van der Waals surface area contributed by atoms with Crippen LogP contribution in [0.15, 0.2) is 48.5 Å². The topological polar surface area (TPSA) is 48.1 Å². The molecule has 4 nitrogen and oxygen atoms in total. The van der Waals surface area contributed by atoms with Gasteiger partial charge in [-0.05, 0) is 85.8 Å². The molecule has 0 heterocycles. The minimum Gasteiger partial charge on any atom is -0.362 e. The molecule has 27 heavy (non-hydrogen) atoms. The third-order valence-electron chi connectivity index (χ3n) is 3.81. The minimum atomic E-state index is 0.239. The van der Waals surface area contributed by atoms with Gasteiger partial charge in [0.1, 0.15) is 0 Å². The standard InChI is InChI=1S/C19H22Cl2N4S2/c1-2-15(23-19(27)25-17-9-5-14(21)6-10-17)11-12-22-18(26)24-16-7-3-13(20)4-8-16/h3-10,15H,2,11-12H2,1H3,(H2,22,24,26)(H2,23,25,27)/t15-/m1/s1. The second-order valence-electron chi connectivity index (χ2n) is 5.89. The number of hydrogen-bond donors (Lipinski definition) is 4. The van der Waals surface area contributed by atoms with Crippen molar-refractivity contribution in [3.05, 3.63) is 58.6 Å².